The van der Waals surface area contributed by atoms with Gasteiger partial charge in [0.15, 0.2) is 0 Å². The van der Waals surface area contributed by atoms with E-state index in [2.05, 4.69) is 26.4 Å². The lowest BCUT2D eigenvalue weighted by atomic mass is 10.3. The molecule has 1 aromatic rings. The second-order valence-electron chi connectivity index (χ2n) is 2.34. The van der Waals surface area contributed by atoms with Gasteiger partial charge in [-0.3, -0.25) is 4.79 Å². The Morgan fingerprint density at radius 3 is 3.00 bits per heavy atom. The number of rotatable bonds is 2. The summed E-state index contributed by atoms with van der Waals surface area (Å²) in [4.78, 5) is 11.0. The molecule has 4 nitrogen and oxygen atoms in total. The van der Waals surface area contributed by atoms with E-state index in [1.165, 1.54) is 0 Å². The van der Waals surface area contributed by atoms with Crippen LogP contribution in [0.5, 0.6) is 0 Å². The van der Waals surface area contributed by atoms with Crippen LogP contribution in [0.3, 0.4) is 0 Å². The van der Waals surface area contributed by atoms with Crippen molar-refractivity contribution in [2.75, 3.05) is 5.32 Å². The molecule has 0 aliphatic heterocycles. The van der Waals surface area contributed by atoms with E-state index in [0.29, 0.717) is 15.2 Å². The molecule has 6 heteroatoms. The first kappa shape index (κ1) is 11.0. The Hall–Kier alpha value is -1.07. The van der Waals surface area contributed by atoms with Gasteiger partial charge in [0.1, 0.15) is 6.21 Å². The van der Waals surface area contributed by atoms with Crippen molar-refractivity contribution in [3.8, 4) is 0 Å². The van der Waals surface area contributed by atoms with Crippen molar-refractivity contribution in [3.63, 3.8) is 0 Å². The summed E-state index contributed by atoms with van der Waals surface area (Å²) >= 11 is 9.08. The number of nitrogens with zero attached hydrogens (tertiary/aromatic N) is 1. The number of carbonyl (C=O) groups is 1. The minimum Gasteiger partial charge on any atom is -0.411 e. The summed E-state index contributed by atoms with van der Waals surface area (Å²) in [5.41, 5.74) is 0.450. The van der Waals surface area contributed by atoms with Gasteiger partial charge in [-0.05, 0) is 28.1 Å². The van der Waals surface area contributed by atoms with Crippen molar-refractivity contribution >= 4 is 45.3 Å². The maximum Gasteiger partial charge on any atom is 0.270 e. The number of nitrogens with one attached hydrogen (secondary N) is 1. The first-order chi connectivity index (χ1) is 6.65. The Kier molecular flexibility index (Phi) is 3.91. The van der Waals surface area contributed by atoms with Crippen LogP contribution in [0.2, 0.25) is 5.02 Å². The topological polar surface area (TPSA) is 61.7 Å². The normalized spacial score (nSPS) is 10.4. The largest absolute Gasteiger partial charge is 0.411 e. The van der Waals surface area contributed by atoms with Gasteiger partial charge in [-0.2, -0.15) is 0 Å². The zero-order valence-electron chi connectivity index (χ0n) is 6.87. The molecule has 0 saturated heterocycles. The lowest BCUT2D eigenvalue weighted by Gasteiger charge is -2.04. The summed E-state index contributed by atoms with van der Waals surface area (Å²) in [5.74, 6) is -0.549. The van der Waals surface area contributed by atoms with E-state index in [1.807, 2.05) is 0 Å². The molecule has 1 amide bonds. The van der Waals surface area contributed by atoms with Crippen LogP contribution in [0.15, 0.2) is 27.8 Å². The van der Waals surface area contributed by atoms with Crippen LogP contribution >= 0.6 is 27.5 Å². The first-order valence-electron chi connectivity index (χ1n) is 3.57. The molecule has 0 aromatic heterocycles. The van der Waals surface area contributed by atoms with E-state index >= 15 is 0 Å². The van der Waals surface area contributed by atoms with Gasteiger partial charge in [0.2, 0.25) is 0 Å². The van der Waals surface area contributed by atoms with Crippen LogP contribution in [0.4, 0.5) is 5.69 Å². The van der Waals surface area contributed by atoms with Gasteiger partial charge < -0.3 is 10.5 Å². The Balaban J connectivity index is 2.87. The number of anilines is 1. The number of amides is 1. The monoisotopic (exact) mass is 276 g/mol. The number of carbonyl (C=O) groups excluding carboxylic acids is 1. The summed E-state index contributed by atoms with van der Waals surface area (Å²) in [6.45, 7) is 0. The highest BCUT2D eigenvalue weighted by molar-refractivity contribution is 9.10. The molecule has 0 spiro atoms. The number of benzene rings is 1. The smallest absolute Gasteiger partial charge is 0.270 e. The standard InChI is InChI=1S/C8H6BrClN2O2/c9-5-2-1-3-6(8(5)10)12-7(13)4-11-14/h1-4,14H,(H,12,13). The summed E-state index contributed by atoms with van der Waals surface area (Å²) < 4.78 is 0.679. The molecule has 0 aliphatic carbocycles. The third kappa shape index (κ3) is 2.71. The molecule has 74 valence electrons. The van der Waals surface area contributed by atoms with Crippen LogP contribution in [0, 0.1) is 0 Å². The van der Waals surface area contributed by atoms with Gasteiger partial charge in [0, 0.05) is 4.47 Å². The maximum absolute atomic E-state index is 11.0. The number of halogens is 2. The molecule has 0 bridgehead atoms. The highest BCUT2D eigenvalue weighted by atomic mass is 79.9. The van der Waals surface area contributed by atoms with Crippen molar-refractivity contribution in [3.05, 3.63) is 27.7 Å². The Morgan fingerprint density at radius 2 is 2.36 bits per heavy atom. The van der Waals surface area contributed by atoms with E-state index in [1.54, 1.807) is 18.2 Å². The van der Waals surface area contributed by atoms with E-state index in [-0.39, 0.29) is 0 Å². The molecule has 1 rings (SSSR count). The number of hydrogen-bond acceptors (Lipinski definition) is 3. The zero-order valence-corrected chi connectivity index (χ0v) is 9.21. The van der Waals surface area contributed by atoms with Crippen LogP contribution < -0.4 is 5.32 Å². The van der Waals surface area contributed by atoms with Gasteiger partial charge in [-0.15, -0.1) is 0 Å². The van der Waals surface area contributed by atoms with Crippen LogP contribution in [-0.4, -0.2) is 17.3 Å². The maximum atomic E-state index is 11.0. The predicted octanol–water partition coefficient (Wildman–Crippen LogP) is 2.50. The van der Waals surface area contributed by atoms with Gasteiger partial charge in [0.05, 0.1) is 10.7 Å². The van der Waals surface area contributed by atoms with Gasteiger partial charge in [0.25, 0.3) is 5.91 Å². The summed E-state index contributed by atoms with van der Waals surface area (Å²) in [6, 6.07) is 5.11. The number of hydrogen-bond donors (Lipinski definition) is 2. The fraction of sp³-hybridized carbons (Fsp3) is 0. The average molecular weight is 278 g/mol. The predicted molar refractivity (Wildman–Crippen MR) is 58.1 cm³/mol. The highest BCUT2D eigenvalue weighted by Gasteiger charge is 2.05. The SMILES string of the molecule is O=C(C=NO)Nc1cccc(Br)c1Cl. The van der Waals surface area contributed by atoms with Gasteiger partial charge in [-0.1, -0.05) is 22.8 Å². The van der Waals surface area contributed by atoms with Crippen molar-refractivity contribution in [2.45, 2.75) is 0 Å². The minimum absolute atomic E-state index is 0.396. The van der Waals surface area contributed by atoms with E-state index < -0.39 is 5.91 Å². The molecule has 0 radical (unpaired) electrons. The molecule has 1 aromatic carbocycles. The van der Waals surface area contributed by atoms with Crippen LogP contribution in [0.1, 0.15) is 0 Å². The minimum atomic E-state index is -0.549. The fourth-order valence-electron chi connectivity index (χ4n) is 0.818. The van der Waals surface area contributed by atoms with Gasteiger partial charge >= 0.3 is 0 Å². The van der Waals surface area contributed by atoms with Crippen molar-refractivity contribution in [2.24, 2.45) is 5.16 Å². The Morgan fingerprint density at radius 1 is 1.64 bits per heavy atom. The summed E-state index contributed by atoms with van der Waals surface area (Å²) in [7, 11) is 0. The Bertz CT molecular complexity index is 382. The van der Waals surface area contributed by atoms with Crippen LogP contribution in [-0.2, 0) is 4.79 Å². The Labute approximate surface area is 93.7 Å². The fourth-order valence-corrected chi connectivity index (χ4v) is 1.36. The molecule has 2 N–H and O–H groups in total. The molecule has 0 unspecified atom stereocenters. The van der Waals surface area contributed by atoms with Crippen molar-refractivity contribution < 1.29 is 10.0 Å². The van der Waals surface area contributed by atoms with Crippen molar-refractivity contribution in [1.29, 1.82) is 0 Å². The first-order valence-corrected chi connectivity index (χ1v) is 4.74. The van der Waals surface area contributed by atoms with Crippen molar-refractivity contribution in [1.82, 2.24) is 0 Å². The van der Waals surface area contributed by atoms with E-state index in [0.717, 1.165) is 6.21 Å². The van der Waals surface area contributed by atoms with E-state index in [4.69, 9.17) is 16.8 Å². The summed E-state index contributed by atoms with van der Waals surface area (Å²) in [6.07, 6.45) is 0.747. The lowest BCUT2D eigenvalue weighted by molar-refractivity contribution is -0.110. The highest BCUT2D eigenvalue weighted by Crippen LogP contribution is 2.29. The third-order valence-electron chi connectivity index (χ3n) is 1.38. The lowest BCUT2D eigenvalue weighted by Crippen LogP contribution is -2.12. The molecule has 0 fully saturated rings. The summed E-state index contributed by atoms with van der Waals surface area (Å²) in [5, 5.41) is 13.5. The van der Waals surface area contributed by atoms with E-state index in [9.17, 15) is 4.79 Å². The molecule has 0 saturated carbocycles. The molecule has 0 atom stereocenters. The van der Waals surface area contributed by atoms with Crippen LogP contribution in [0.25, 0.3) is 0 Å². The number of oxime groups is 1. The zero-order chi connectivity index (χ0) is 10.6. The average Bonchev–Trinajstić information content (AvgIpc) is 2.13. The molecular weight excluding hydrogens is 271 g/mol. The molecule has 14 heavy (non-hydrogen) atoms. The second kappa shape index (κ2) is 4.97. The van der Waals surface area contributed by atoms with Gasteiger partial charge in [-0.25, -0.2) is 0 Å². The third-order valence-corrected chi connectivity index (χ3v) is 2.68. The molecule has 0 aliphatic rings. The second-order valence-corrected chi connectivity index (χ2v) is 3.57. The molecule has 0 heterocycles. The quantitative estimate of drug-likeness (QED) is 0.496. The molecular formula is C8H6BrClN2O2.